The second-order valence-electron chi connectivity index (χ2n) is 12.6. The van der Waals surface area contributed by atoms with Gasteiger partial charge < -0.3 is 25.5 Å². The summed E-state index contributed by atoms with van der Waals surface area (Å²) in [4.78, 5) is 8.84. The second kappa shape index (κ2) is 17.2. The molecular weight excluding hydrogens is 735 g/mol. The lowest BCUT2D eigenvalue weighted by molar-refractivity contribution is 0.0988. The van der Waals surface area contributed by atoms with Gasteiger partial charge in [0.25, 0.3) is 0 Å². The number of piperazine rings is 2. The van der Waals surface area contributed by atoms with Crippen molar-refractivity contribution < 1.29 is 9.50 Å². The maximum absolute atomic E-state index is 15.7. The molecule has 0 radical (unpaired) electrons. The third-order valence-electron chi connectivity index (χ3n) is 9.11. The summed E-state index contributed by atoms with van der Waals surface area (Å²) >= 11 is 7.37. The van der Waals surface area contributed by atoms with Crippen molar-refractivity contribution in [2.24, 2.45) is 0 Å². The summed E-state index contributed by atoms with van der Waals surface area (Å²) in [5, 5.41) is 18.5. The van der Waals surface area contributed by atoms with Gasteiger partial charge in [-0.15, -0.1) is 0 Å². The minimum atomic E-state index is -0.993. The van der Waals surface area contributed by atoms with E-state index in [0.29, 0.717) is 19.6 Å². The first-order valence-corrected chi connectivity index (χ1v) is 18.4. The number of nitrogens with one attached hydrogen (secondary N) is 2. The Balaban J connectivity index is 1.15. The number of benzene rings is 4. The van der Waals surface area contributed by atoms with Crippen molar-refractivity contribution >= 4 is 54.6 Å². The fraction of sp³-hybridized carbons (Fsp3) is 0.368. The largest absolute Gasteiger partial charge is 0.390 e. The Labute approximate surface area is 301 Å². The smallest absolute Gasteiger partial charge is 0.131 e. The lowest BCUT2D eigenvalue weighted by Crippen LogP contribution is -2.49. The normalized spacial score (nSPS) is 18.7. The minimum Gasteiger partial charge on any atom is -0.390 e. The van der Waals surface area contributed by atoms with E-state index < -0.39 is 12.3 Å². The first-order chi connectivity index (χ1) is 23.4. The second-order valence-corrected chi connectivity index (χ2v) is 14.4. The van der Waals surface area contributed by atoms with Crippen LogP contribution in [0.3, 0.4) is 0 Å². The van der Waals surface area contributed by atoms with Crippen LogP contribution in [0, 0.1) is 0 Å². The van der Waals surface area contributed by atoms with Gasteiger partial charge in [0.1, 0.15) is 6.17 Å². The Morgan fingerprint density at radius 1 is 0.708 bits per heavy atom. The van der Waals surface area contributed by atoms with E-state index in [2.05, 4.69) is 105 Å². The molecule has 6 rings (SSSR count). The first-order valence-electron chi connectivity index (χ1n) is 16.8. The van der Waals surface area contributed by atoms with Crippen molar-refractivity contribution in [3.8, 4) is 0 Å². The Morgan fingerprint density at radius 3 is 1.96 bits per heavy atom. The third kappa shape index (κ3) is 9.44. The molecule has 254 valence electrons. The molecule has 3 atom stereocenters. The highest BCUT2D eigenvalue weighted by atomic mass is 79.9. The van der Waals surface area contributed by atoms with Crippen LogP contribution in [0.25, 0.3) is 0 Å². The van der Waals surface area contributed by atoms with Gasteiger partial charge in [-0.2, -0.15) is 0 Å². The summed E-state index contributed by atoms with van der Waals surface area (Å²) in [6, 6.07) is 34.9. The highest BCUT2D eigenvalue weighted by Gasteiger charge is 2.27. The van der Waals surface area contributed by atoms with Crippen LogP contribution in [0.4, 0.5) is 27.1 Å². The Morgan fingerprint density at radius 2 is 1.29 bits per heavy atom. The Kier molecular flexibility index (Phi) is 12.5. The molecule has 2 saturated heterocycles. The van der Waals surface area contributed by atoms with E-state index in [1.54, 1.807) is 0 Å². The highest BCUT2D eigenvalue weighted by molar-refractivity contribution is 9.10. The van der Waals surface area contributed by atoms with Crippen molar-refractivity contribution in [2.45, 2.75) is 18.3 Å². The molecule has 0 spiro atoms. The van der Waals surface area contributed by atoms with Gasteiger partial charge in [0, 0.05) is 96.6 Å². The highest BCUT2D eigenvalue weighted by Crippen LogP contribution is 2.34. The number of hydrogen-bond donors (Lipinski definition) is 3. The van der Waals surface area contributed by atoms with Crippen molar-refractivity contribution in [3.63, 3.8) is 0 Å². The van der Waals surface area contributed by atoms with E-state index in [9.17, 15) is 5.11 Å². The number of para-hydroxylation sites is 2. The maximum Gasteiger partial charge on any atom is 0.131 e. The van der Waals surface area contributed by atoms with E-state index in [-0.39, 0.29) is 12.6 Å². The van der Waals surface area contributed by atoms with Crippen molar-refractivity contribution in [3.05, 3.63) is 118 Å². The summed E-state index contributed by atoms with van der Waals surface area (Å²) in [5.74, 6) is 0. The molecule has 3 unspecified atom stereocenters. The molecular formula is C38H45Br2FN6O. The molecule has 2 fully saturated rings. The zero-order chi connectivity index (χ0) is 33.3. The summed E-state index contributed by atoms with van der Waals surface area (Å²) in [5.41, 5.74) is 5.15. The molecule has 0 saturated carbocycles. The average Bonchev–Trinajstić information content (AvgIpc) is 3.12. The Bertz CT molecular complexity index is 1560. The van der Waals surface area contributed by atoms with Crippen LogP contribution in [0.1, 0.15) is 11.6 Å². The predicted molar refractivity (Wildman–Crippen MR) is 203 cm³/mol. The molecule has 7 nitrogen and oxygen atoms in total. The molecule has 0 bridgehead atoms. The molecule has 48 heavy (non-hydrogen) atoms. The number of aliphatic hydroxyl groups is 1. The SMILES string of the molecule is OC(CN1CCNC(c2cc(N(CC(F)CN3CCNCC3)c3ccccc3)ccc2Br)C1)CN(c1ccccc1)c1ccc(Br)cc1. The van der Waals surface area contributed by atoms with Crippen molar-refractivity contribution in [2.75, 3.05) is 81.8 Å². The van der Waals surface area contributed by atoms with Gasteiger partial charge in [0.05, 0.1) is 19.2 Å². The zero-order valence-corrected chi connectivity index (χ0v) is 30.4. The van der Waals surface area contributed by atoms with Gasteiger partial charge in [-0.3, -0.25) is 9.80 Å². The first kappa shape index (κ1) is 35.0. The van der Waals surface area contributed by atoms with E-state index in [1.807, 2.05) is 60.7 Å². The van der Waals surface area contributed by atoms with Crippen LogP contribution in [-0.2, 0) is 0 Å². The molecule has 4 aromatic carbocycles. The predicted octanol–water partition coefficient (Wildman–Crippen LogP) is 6.74. The lowest BCUT2D eigenvalue weighted by atomic mass is 10.0. The van der Waals surface area contributed by atoms with Gasteiger partial charge in [-0.25, -0.2) is 4.39 Å². The number of halogens is 3. The molecule has 2 heterocycles. The van der Waals surface area contributed by atoms with Crippen LogP contribution < -0.4 is 20.4 Å². The van der Waals surface area contributed by atoms with Crippen LogP contribution in [0.15, 0.2) is 112 Å². The maximum atomic E-state index is 15.7. The lowest BCUT2D eigenvalue weighted by Gasteiger charge is -2.37. The van der Waals surface area contributed by atoms with E-state index in [1.165, 1.54) is 0 Å². The molecule has 2 aliphatic heterocycles. The summed E-state index contributed by atoms with van der Waals surface area (Å²) in [6.07, 6.45) is -1.55. The van der Waals surface area contributed by atoms with Gasteiger partial charge >= 0.3 is 0 Å². The Hall–Kier alpha value is -2.83. The van der Waals surface area contributed by atoms with Gasteiger partial charge in [0.15, 0.2) is 0 Å². The number of nitrogens with zero attached hydrogens (tertiary/aromatic N) is 4. The number of hydrogen-bond acceptors (Lipinski definition) is 7. The van der Waals surface area contributed by atoms with Crippen molar-refractivity contribution in [1.29, 1.82) is 0 Å². The van der Waals surface area contributed by atoms with E-state index in [0.717, 1.165) is 83.1 Å². The van der Waals surface area contributed by atoms with Gasteiger partial charge in [-0.1, -0.05) is 68.3 Å². The van der Waals surface area contributed by atoms with Gasteiger partial charge in [-0.05, 0) is 72.3 Å². The van der Waals surface area contributed by atoms with Crippen molar-refractivity contribution in [1.82, 2.24) is 20.4 Å². The summed E-state index contributed by atoms with van der Waals surface area (Å²) < 4.78 is 17.7. The van der Waals surface area contributed by atoms with E-state index in [4.69, 9.17) is 0 Å². The van der Waals surface area contributed by atoms with Crippen LogP contribution >= 0.6 is 31.9 Å². The number of alkyl halides is 1. The number of rotatable bonds is 13. The van der Waals surface area contributed by atoms with E-state index >= 15 is 4.39 Å². The average molecular weight is 781 g/mol. The fourth-order valence-corrected chi connectivity index (χ4v) is 7.49. The molecule has 3 N–H and O–H groups in total. The fourth-order valence-electron chi connectivity index (χ4n) is 6.70. The molecule has 0 aromatic heterocycles. The number of β-amino-alcohol motifs (C(OH)–C–C–N with tert-alkyl or cyclic N) is 1. The summed E-state index contributed by atoms with van der Waals surface area (Å²) in [6.45, 7) is 7.72. The standard InChI is InChI=1S/C38H45Br2FN6O/c39-29-11-13-33(14-12-29)47(32-9-5-2-6-10-32)27-35(48)26-45-22-19-43-38(28-45)36-23-34(15-16-37(36)40)46(31-7-3-1-4-8-31)25-30(41)24-44-20-17-42-18-21-44/h1-16,23,30,35,38,42-43,48H,17-22,24-28H2. The molecule has 0 aliphatic carbocycles. The van der Waals surface area contributed by atoms with Gasteiger partial charge in [0.2, 0.25) is 0 Å². The molecule has 10 heteroatoms. The van der Waals surface area contributed by atoms with Crippen LogP contribution in [0.5, 0.6) is 0 Å². The minimum absolute atomic E-state index is 0.0524. The topological polar surface area (TPSA) is 57.3 Å². The number of aliphatic hydroxyl groups excluding tert-OH is 1. The molecule has 4 aromatic rings. The van der Waals surface area contributed by atoms with Crippen LogP contribution in [-0.4, -0.2) is 99.2 Å². The zero-order valence-electron chi connectivity index (χ0n) is 27.2. The number of anilines is 4. The monoisotopic (exact) mass is 778 g/mol. The quantitative estimate of drug-likeness (QED) is 0.139. The van der Waals surface area contributed by atoms with Crippen LogP contribution in [0.2, 0.25) is 0 Å². The molecule has 2 aliphatic rings. The summed E-state index contributed by atoms with van der Waals surface area (Å²) in [7, 11) is 0. The molecule has 0 amide bonds. The third-order valence-corrected chi connectivity index (χ3v) is 10.4.